The Morgan fingerprint density at radius 3 is 2.51 bits per heavy atom. The zero-order valence-corrected chi connectivity index (χ0v) is 22.7. The molecule has 5 N–H and O–H groups in total. The summed E-state index contributed by atoms with van der Waals surface area (Å²) in [5, 5.41) is 8.31. The Morgan fingerprint density at radius 1 is 1.08 bits per heavy atom. The van der Waals surface area contributed by atoms with E-state index in [1.54, 1.807) is 20.8 Å². The lowest BCUT2D eigenvalue weighted by atomic mass is 10.0. The van der Waals surface area contributed by atoms with E-state index in [9.17, 15) is 19.2 Å². The van der Waals surface area contributed by atoms with Crippen LogP contribution in [0.15, 0.2) is 48.5 Å². The van der Waals surface area contributed by atoms with Gasteiger partial charge in [-0.25, -0.2) is 4.79 Å². The van der Waals surface area contributed by atoms with Gasteiger partial charge < -0.3 is 26.4 Å². The number of carbonyl (C=O) groups is 4. The molecule has 2 aliphatic heterocycles. The van der Waals surface area contributed by atoms with E-state index in [4.69, 9.17) is 10.5 Å². The van der Waals surface area contributed by atoms with E-state index in [0.717, 1.165) is 16.8 Å². The van der Waals surface area contributed by atoms with Crippen molar-refractivity contribution in [1.82, 2.24) is 10.6 Å². The molecule has 2 heterocycles. The molecule has 208 valence electrons. The van der Waals surface area contributed by atoms with Crippen molar-refractivity contribution in [3.63, 3.8) is 0 Å². The fourth-order valence-electron chi connectivity index (χ4n) is 4.96. The zero-order chi connectivity index (χ0) is 28.2. The van der Waals surface area contributed by atoms with E-state index in [-0.39, 0.29) is 25.3 Å². The van der Waals surface area contributed by atoms with Gasteiger partial charge in [-0.2, -0.15) is 0 Å². The predicted octanol–water partition coefficient (Wildman–Crippen LogP) is 3.00. The number of fused-ring (bicyclic) bond motifs is 2. The van der Waals surface area contributed by atoms with Crippen LogP contribution in [-0.4, -0.2) is 47.7 Å². The minimum absolute atomic E-state index is 0.0498. The number of aryl methyl sites for hydroxylation is 2. The van der Waals surface area contributed by atoms with Crippen LogP contribution in [0.3, 0.4) is 0 Å². The van der Waals surface area contributed by atoms with Crippen LogP contribution in [0, 0.1) is 0 Å². The number of ether oxygens (including phenoxy) is 1. The smallest absolute Gasteiger partial charge is 0.407 e. The maximum atomic E-state index is 14.1. The molecule has 0 spiro atoms. The van der Waals surface area contributed by atoms with Crippen LogP contribution in [0.4, 0.5) is 16.2 Å². The normalized spacial score (nSPS) is 21.0. The number of nitrogens with two attached hydrogens (primary N) is 1. The molecule has 2 unspecified atom stereocenters. The second-order valence-corrected chi connectivity index (χ2v) is 11.1. The molecular formula is C29H37N5O5. The first-order valence-corrected chi connectivity index (χ1v) is 13.3. The van der Waals surface area contributed by atoms with E-state index in [2.05, 4.69) is 16.0 Å². The summed E-state index contributed by atoms with van der Waals surface area (Å²) >= 11 is 0. The highest BCUT2D eigenvalue weighted by Gasteiger charge is 2.46. The van der Waals surface area contributed by atoms with Gasteiger partial charge in [0.1, 0.15) is 11.6 Å². The number of hydrogen-bond donors (Lipinski definition) is 4. The second kappa shape index (κ2) is 11.4. The summed E-state index contributed by atoms with van der Waals surface area (Å²) in [7, 11) is 0. The van der Waals surface area contributed by atoms with Crippen molar-refractivity contribution in [3.05, 3.63) is 59.7 Å². The first kappa shape index (κ1) is 28.1. The molecule has 4 amide bonds. The summed E-state index contributed by atoms with van der Waals surface area (Å²) in [6, 6.07) is 14.2. The number of hydrogen-bond acceptors (Lipinski definition) is 6. The van der Waals surface area contributed by atoms with Crippen molar-refractivity contribution in [2.45, 2.75) is 76.6 Å². The molecule has 2 aliphatic rings. The van der Waals surface area contributed by atoms with Gasteiger partial charge in [0.15, 0.2) is 5.66 Å². The predicted molar refractivity (Wildman–Crippen MR) is 148 cm³/mol. The minimum atomic E-state index is -1.70. The number of carbonyl (C=O) groups excluding carboxylic acids is 4. The van der Waals surface area contributed by atoms with Crippen molar-refractivity contribution in [1.29, 1.82) is 0 Å². The Kier molecular flexibility index (Phi) is 8.25. The van der Waals surface area contributed by atoms with E-state index in [1.807, 2.05) is 48.5 Å². The molecule has 2 aromatic carbocycles. The Hall–Kier alpha value is -3.92. The van der Waals surface area contributed by atoms with E-state index < -0.39 is 35.2 Å². The molecule has 0 fully saturated rings. The van der Waals surface area contributed by atoms with Crippen molar-refractivity contribution in [2.75, 3.05) is 16.8 Å². The molecule has 0 saturated carbocycles. The van der Waals surface area contributed by atoms with Crippen molar-refractivity contribution in [2.24, 2.45) is 5.73 Å². The summed E-state index contributed by atoms with van der Waals surface area (Å²) < 4.78 is 5.20. The number of alkyl carbamates (subject to hydrolysis) is 1. The summed E-state index contributed by atoms with van der Waals surface area (Å²) in [5.41, 5.74) is 7.53. The molecule has 10 heteroatoms. The number of nitrogens with one attached hydrogen (secondary N) is 3. The van der Waals surface area contributed by atoms with Crippen LogP contribution < -0.4 is 26.6 Å². The summed E-state index contributed by atoms with van der Waals surface area (Å²) in [4.78, 5) is 53.7. The third-order valence-electron chi connectivity index (χ3n) is 6.83. The van der Waals surface area contributed by atoms with Crippen LogP contribution in [-0.2, 0) is 32.0 Å². The van der Waals surface area contributed by atoms with Crippen LogP contribution in [0.1, 0.15) is 57.6 Å². The first-order chi connectivity index (χ1) is 18.5. The van der Waals surface area contributed by atoms with Crippen molar-refractivity contribution in [3.8, 4) is 0 Å². The lowest BCUT2D eigenvalue weighted by Gasteiger charge is -2.36. The lowest BCUT2D eigenvalue weighted by Crippen LogP contribution is -2.67. The maximum Gasteiger partial charge on any atom is 0.407 e. The van der Waals surface area contributed by atoms with Gasteiger partial charge in [0.25, 0.3) is 5.91 Å². The highest BCUT2D eigenvalue weighted by atomic mass is 16.6. The largest absolute Gasteiger partial charge is 0.444 e. The van der Waals surface area contributed by atoms with Gasteiger partial charge in [-0.05, 0) is 76.1 Å². The molecule has 2 aromatic rings. The standard InChI is InChI=1S/C29H37N5O5/c1-28(2,3)39-27(38)31-18-8-13-24(35)33-29(30)17-16-20-10-5-7-12-22(20)34(26(29)37)23-15-14-19-9-4-6-11-21(19)32-25(23)36/h4-7,9-12,23H,8,13-18,30H2,1-3H3,(H,31,38)(H,32,36)(H,33,35). The molecule has 4 rings (SSSR count). The first-order valence-electron chi connectivity index (χ1n) is 13.3. The molecule has 0 saturated heterocycles. The molecule has 0 bridgehead atoms. The van der Waals surface area contributed by atoms with Crippen LogP contribution >= 0.6 is 0 Å². The third kappa shape index (κ3) is 6.75. The molecular weight excluding hydrogens is 498 g/mol. The summed E-state index contributed by atoms with van der Waals surface area (Å²) in [5.74, 6) is -1.24. The van der Waals surface area contributed by atoms with Gasteiger partial charge in [-0.15, -0.1) is 0 Å². The molecule has 0 aliphatic carbocycles. The average molecular weight is 536 g/mol. The van der Waals surface area contributed by atoms with E-state index in [1.165, 1.54) is 4.90 Å². The van der Waals surface area contributed by atoms with E-state index in [0.29, 0.717) is 31.4 Å². The number of rotatable bonds is 6. The van der Waals surface area contributed by atoms with Crippen molar-refractivity contribution >= 4 is 35.2 Å². The van der Waals surface area contributed by atoms with Gasteiger partial charge in [-0.1, -0.05) is 36.4 Å². The molecule has 10 nitrogen and oxygen atoms in total. The third-order valence-corrected chi connectivity index (χ3v) is 6.83. The quantitative estimate of drug-likeness (QED) is 0.331. The van der Waals surface area contributed by atoms with Crippen LogP contribution in [0.25, 0.3) is 0 Å². The van der Waals surface area contributed by atoms with Gasteiger partial charge in [0, 0.05) is 24.3 Å². The monoisotopic (exact) mass is 535 g/mol. The van der Waals surface area contributed by atoms with Crippen LogP contribution in [0.5, 0.6) is 0 Å². The Bertz CT molecular complexity index is 1260. The highest BCUT2D eigenvalue weighted by Crippen LogP contribution is 2.34. The molecule has 0 aromatic heterocycles. The molecule has 2 atom stereocenters. The number of amides is 4. The topological polar surface area (TPSA) is 143 Å². The molecule has 0 radical (unpaired) electrons. The summed E-state index contributed by atoms with van der Waals surface area (Å²) in [6.07, 6.45) is 1.45. The lowest BCUT2D eigenvalue weighted by molar-refractivity contribution is -0.133. The second-order valence-electron chi connectivity index (χ2n) is 11.1. The molecule has 39 heavy (non-hydrogen) atoms. The Balaban J connectivity index is 1.48. The Morgan fingerprint density at radius 2 is 1.77 bits per heavy atom. The maximum absolute atomic E-state index is 14.1. The van der Waals surface area contributed by atoms with Gasteiger partial charge >= 0.3 is 6.09 Å². The summed E-state index contributed by atoms with van der Waals surface area (Å²) in [6.45, 7) is 5.53. The number of anilines is 2. The fourth-order valence-corrected chi connectivity index (χ4v) is 4.96. The van der Waals surface area contributed by atoms with E-state index >= 15 is 0 Å². The Labute approximate surface area is 228 Å². The van der Waals surface area contributed by atoms with Gasteiger partial charge in [-0.3, -0.25) is 19.3 Å². The average Bonchev–Trinajstić information content (AvgIpc) is 3.09. The minimum Gasteiger partial charge on any atom is -0.444 e. The number of para-hydroxylation sites is 2. The highest BCUT2D eigenvalue weighted by molar-refractivity contribution is 6.10. The SMILES string of the molecule is CC(C)(C)OC(=O)NCCCC(=O)NC1(N)CCc2ccccc2N(C2CCc3ccccc3NC2=O)C1=O. The number of nitrogens with zero attached hydrogens (tertiary/aromatic N) is 1. The zero-order valence-electron chi connectivity index (χ0n) is 22.7. The number of benzene rings is 2. The fraction of sp³-hybridized carbons (Fsp3) is 0.448. The van der Waals surface area contributed by atoms with Crippen molar-refractivity contribution < 1.29 is 23.9 Å². The van der Waals surface area contributed by atoms with Gasteiger partial charge in [0.2, 0.25) is 11.8 Å². The van der Waals surface area contributed by atoms with Crippen LogP contribution in [0.2, 0.25) is 0 Å². The van der Waals surface area contributed by atoms with Gasteiger partial charge in [0.05, 0.1) is 0 Å².